The molecule has 5 aliphatic carbocycles. The van der Waals surface area contributed by atoms with E-state index in [1.165, 1.54) is 6.92 Å². The molecule has 0 aromatic rings. The maximum atomic E-state index is 12.8. The maximum absolute atomic E-state index is 12.8. The van der Waals surface area contributed by atoms with Crippen LogP contribution in [-0.2, 0) is 28.5 Å². The number of carbonyl (C=O) groups is 1. The van der Waals surface area contributed by atoms with Gasteiger partial charge in [-0.2, -0.15) is 0 Å². The smallest absolute Gasteiger partial charge is 0.303 e. The van der Waals surface area contributed by atoms with E-state index in [0.717, 1.165) is 38.5 Å². The molecule has 2 bridgehead atoms. The van der Waals surface area contributed by atoms with Crippen LogP contribution in [0.25, 0.3) is 0 Å². The first-order chi connectivity index (χ1) is 22.2. The van der Waals surface area contributed by atoms with E-state index >= 15 is 0 Å². The lowest BCUT2D eigenvalue weighted by Gasteiger charge is -2.64. The highest BCUT2D eigenvalue weighted by molar-refractivity contribution is 5.66. The number of carbonyl (C=O) groups excluding carboxylic acids is 1. The van der Waals surface area contributed by atoms with Crippen molar-refractivity contribution in [2.45, 2.75) is 167 Å². The molecule has 0 amide bonds. The monoisotopic (exact) mass is 678 g/mol. The molecule has 5 N–H and O–H groups in total. The number of aliphatic hydroxyl groups is 5. The zero-order valence-electron chi connectivity index (χ0n) is 29.8. The van der Waals surface area contributed by atoms with E-state index in [1.54, 1.807) is 0 Å². The van der Waals surface area contributed by atoms with Crippen LogP contribution < -0.4 is 0 Å². The molecule has 3 spiro atoms. The lowest BCUT2D eigenvalue weighted by molar-refractivity contribution is -0.309. The lowest BCUT2D eigenvalue weighted by atomic mass is 9.41. The molecule has 11 heteroatoms. The number of aliphatic hydroxyl groups excluding tert-OH is 5. The molecule has 5 saturated carbocycles. The minimum Gasteiger partial charge on any atom is -0.457 e. The van der Waals surface area contributed by atoms with Crippen molar-refractivity contribution in [2.75, 3.05) is 6.61 Å². The fourth-order valence-electron chi connectivity index (χ4n) is 14.4. The lowest BCUT2D eigenvalue weighted by Crippen LogP contribution is -2.64. The molecular formula is C37H58O11. The number of esters is 1. The Bertz CT molecular complexity index is 1350. The van der Waals surface area contributed by atoms with Crippen LogP contribution in [0.2, 0.25) is 0 Å². The van der Waals surface area contributed by atoms with Gasteiger partial charge in [0.05, 0.1) is 24.9 Å². The SMILES string of the molecule is CC(=O)OC(C)(C)C1OC23OC1CC(C)C2C1(C)CCC24CC25C(O)CC(OC2OCC(O)C(O)C2O)C(C)(C)C5CCC4C1(C)C3O. The Labute approximate surface area is 284 Å². The average Bonchev–Trinajstić information content (AvgIpc) is 3.55. The third kappa shape index (κ3) is 3.84. The third-order valence-electron chi connectivity index (χ3n) is 16.3. The van der Waals surface area contributed by atoms with Gasteiger partial charge in [-0.05, 0) is 86.4 Å². The molecule has 3 heterocycles. The Balaban J connectivity index is 1.11. The van der Waals surface area contributed by atoms with Crippen molar-refractivity contribution in [1.29, 1.82) is 0 Å². The van der Waals surface area contributed by atoms with Gasteiger partial charge in [0.1, 0.15) is 36.1 Å². The Hall–Kier alpha value is -0.890. The summed E-state index contributed by atoms with van der Waals surface area (Å²) in [5, 5.41) is 55.9. The second kappa shape index (κ2) is 10.2. The quantitative estimate of drug-likeness (QED) is 0.219. The van der Waals surface area contributed by atoms with Gasteiger partial charge >= 0.3 is 5.97 Å². The number of fused-ring (bicyclic) bond motifs is 4. The van der Waals surface area contributed by atoms with Gasteiger partial charge in [0.15, 0.2) is 12.1 Å². The van der Waals surface area contributed by atoms with Gasteiger partial charge in [-0.1, -0.05) is 34.6 Å². The van der Waals surface area contributed by atoms with Gasteiger partial charge in [0.2, 0.25) is 0 Å². The summed E-state index contributed by atoms with van der Waals surface area (Å²) < 4.78 is 31.7. The molecule has 18 atom stereocenters. The van der Waals surface area contributed by atoms with E-state index < -0.39 is 65.8 Å². The first-order valence-corrected chi connectivity index (χ1v) is 18.5. The van der Waals surface area contributed by atoms with Crippen molar-refractivity contribution in [2.24, 2.45) is 50.7 Å². The maximum Gasteiger partial charge on any atom is 0.303 e. The Morgan fingerprint density at radius 3 is 2.29 bits per heavy atom. The summed E-state index contributed by atoms with van der Waals surface area (Å²) in [6.07, 6.45) is -2.08. The van der Waals surface area contributed by atoms with Crippen LogP contribution in [0.4, 0.5) is 0 Å². The van der Waals surface area contributed by atoms with Crippen molar-refractivity contribution in [3.63, 3.8) is 0 Å². The highest BCUT2D eigenvalue weighted by Gasteiger charge is 2.89. The van der Waals surface area contributed by atoms with Crippen LogP contribution in [0.1, 0.15) is 100 Å². The largest absolute Gasteiger partial charge is 0.457 e. The second-order valence-electron chi connectivity index (χ2n) is 18.9. The average molecular weight is 679 g/mol. The molecule has 3 aliphatic heterocycles. The fourth-order valence-corrected chi connectivity index (χ4v) is 14.4. The Morgan fingerprint density at radius 1 is 0.917 bits per heavy atom. The van der Waals surface area contributed by atoms with Crippen molar-refractivity contribution in [3.05, 3.63) is 0 Å². The molecule has 8 aliphatic rings. The topological polar surface area (TPSA) is 164 Å². The molecule has 0 radical (unpaired) electrons. The highest BCUT2D eigenvalue weighted by atomic mass is 16.8. The van der Waals surface area contributed by atoms with Gasteiger partial charge in [-0.15, -0.1) is 0 Å². The van der Waals surface area contributed by atoms with Crippen molar-refractivity contribution < 1.29 is 54.0 Å². The van der Waals surface area contributed by atoms with Gasteiger partial charge < -0.3 is 49.2 Å². The minimum absolute atomic E-state index is 0.0366. The molecule has 272 valence electrons. The fraction of sp³-hybridized carbons (Fsp3) is 0.973. The molecular weight excluding hydrogens is 620 g/mol. The van der Waals surface area contributed by atoms with E-state index in [-0.39, 0.29) is 64.0 Å². The second-order valence-corrected chi connectivity index (χ2v) is 18.9. The molecule has 3 saturated heterocycles. The van der Waals surface area contributed by atoms with Crippen LogP contribution in [0.15, 0.2) is 0 Å². The molecule has 0 aromatic carbocycles. The summed E-state index contributed by atoms with van der Waals surface area (Å²) in [5.74, 6) is -1.07. The third-order valence-corrected chi connectivity index (χ3v) is 16.3. The summed E-state index contributed by atoms with van der Waals surface area (Å²) in [6, 6.07) is 0. The molecule has 0 aromatic heterocycles. The van der Waals surface area contributed by atoms with Crippen LogP contribution in [-0.4, -0.2) is 105 Å². The van der Waals surface area contributed by atoms with Crippen molar-refractivity contribution in [1.82, 2.24) is 0 Å². The Kier molecular flexibility index (Phi) is 7.24. The number of hydrogen-bond acceptors (Lipinski definition) is 11. The molecule has 48 heavy (non-hydrogen) atoms. The number of hydrogen-bond donors (Lipinski definition) is 5. The summed E-state index contributed by atoms with van der Waals surface area (Å²) in [5.41, 5.74) is -2.56. The predicted molar refractivity (Wildman–Crippen MR) is 170 cm³/mol. The number of ether oxygens (including phenoxy) is 5. The first kappa shape index (κ1) is 34.2. The van der Waals surface area contributed by atoms with Crippen molar-refractivity contribution >= 4 is 5.97 Å². The van der Waals surface area contributed by atoms with E-state index in [0.29, 0.717) is 6.42 Å². The zero-order chi connectivity index (χ0) is 34.8. The van der Waals surface area contributed by atoms with Crippen LogP contribution in [0.3, 0.4) is 0 Å². The van der Waals surface area contributed by atoms with Gasteiger partial charge in [0.25, 0.3) is 0 Å². The summed E-state index contributed by atoms with van der Waals surface area (Å²) in [7, 11) is 0. The van der Waals surface area contributed by atoms with Gasteiger partial charge in [-0.25, -0.2) is 0 Å². The molecule has 11 nitrogen and oxygen atoms in total. The van der Waals surface area contributed by atoms with E-state index in [4.69, 9.17) is 23.7 Å². The Morgan fingerprint density at radius 2 is 1.60 bits per heavy atom. The summed E-state index contributed by atoms with van der Waals surface area (Å²) in [6.45, 7) is 16.3. The molecule has 8 rings (SSSR count). The first-order valence-electron chi connectivity index (χ1n) is 18.5. The zero-order valence-corrected chi connectivity index (χ0v) is 29.8. The predicted octanol–water partition coefficient (Wildman–Crippen LogP) is 2.66. The summed E-state index contributed by atoms with van der Waals surface area (Å²) in [4.78, 5) is 12.1. The van der Waals surface area contributed by atoms with Crippen LogP contribution in [0.5, 0.6) is 0 Å². The molecule has 8 fully saturated rings. The normalized spacial score (nSPS) is 59.4. The van der Waals surface area contributed by atoms with Gasteiger partial charge in [0, 0.05) is 30.1 Å². The standard InChI is InChI=1S/C37H58O11/c1-17-13-20-28(32(5,6)46-18(2)38)48-37(47-20)27(17)33(7)11-12-35-16-36(35)21(9-10-22(35)34(33,8)30(37)43)31(3,4)24(14-23(36)40)45-29-26(42)25(41)19(39)15-44-29/h17,19-30,39-43H,9-16H2,1-8H3. The number of rotatable bonds is 4. The van der Waals surface area contributed by atoms with Crippen molar-refractivity contribution in [3.8, 4) is 0 Å². The minimum atomic E-state index is -1.38. The van der Waals surface area contributed by atoms with E-state index in [1.807, 2.05) is 13.8 Å². The highest BCUT2D eigenvalue weighted by Crippen LogP contribution is 2.90. The van der Waals surface area contributed by atoms with Crippen LogP contribution >= 0.6 is 0 Å². The summed E-state index contributed by atoms with van der Waals surface area (Å²) >= 11 is 0. The van der Waals surface area contributed by atoms with Gasteiger partial charge in [-0.3, -0.25) is 4.79 Å². The van der Waals surface area contributed by atoms with Crippen LogP contribution in [0, 0.1) is 50.7 Å². The molecule has 18 unspecified atom stereocenters. The van der Waals surface area contributed by atoms with E-state index in [2.05, 4.69) is 34.6 Å². The van der Waals surface area contributed by atoms with E-state index in [9.17, 15) is 30.3 Å².